The third-order valence-corrected chi connectivity index (χ3v) is 4.88. The number of ether oxygens (including phenoxy) is 1. The molecule has 0 bridgehead atoms. The molecular formula is C17H17N3O2S. The van der Waals surface area contributed by atoms with Gasteiger partial charge in [0.1, 0.15) is 21.9 Å². The number of aryl methyl sites for hydroxylation is 1. The fourth-order valence-electron chi connectivity index (χ4n) is 2.56. The maximum Gasteiger partial charge on any atom is 0.348 e. The van der Waals surface area contributed by atoms with Crippen LogP contribution in [0.1, 0.15) is 20.8 Å². The molecule has 0 unspecified atom stereocenters. The minimum Gasteiger partial charge on any atom is -0.465 e. The molecule has 0 aliphatic rings. The van der Waals surface area contributed by atoms with E-state index in [0.29, 0.717) is 4.88 Å². The summed E-state index contributed by atoms with van der Waals surface area (Å²) in [6.45, 7) is 2.64. The average Bonchev–Trinajstić information content (AvgIpc) is 2.92. The molecule has 0 saturated carbocycles. The summed E-state index contributed by atoms with van der Waals surface area (Å²) in [6.07, 6.45) is 1.54. The SMILES string of the molecule is COC(=O)c1sc2ncnc(N(C)Cc3ccccc3)c2c1C. The molecule has 118 valence electrons. The summed E-state index contributed by atoms with van der Waals surface area (Å²) in [6, 6.07) is 10.2. The Morgan fingerprint density at radius 3 is 2.70 bits per heavy atom. The topological polar surface area (TPSA) is 55.3 Å². The lowest BCUT2D eigenvalue weighted by atomic mass is 10.1. The van der Waals surface area contributed by atoms with Crippen LogP contribution >= 0.6 is 11.3 Å². The zero-order valence-electron chi connectivity index (χ0n) is 13.2. The predicted molar refractivity (Wildman–Crippen MR) is 92.0 cm³/mol. The monoisotopic (exact) mass is 327 g/mol. The molecule has 0 spiro atoms. The second-order valence-electron chi connectivity index (χ2n) is 5.27. The van der Waals surface area contributed by atoms with Gasteiger partial charge in [-0.15, -0.1) is 11.3 Å². The Balaban J connectivity index is 2.03. The van der Waals surface area contributed by atoms with Crippen LogP contribution in [0, 0.1) is 6.92 Å². The molecule has 23 heavy (non-hydrogen) atoms. The van der Waals surface area contributed by atoms with Crippen molar-refractivity contribution in [3.8, 4) is 0 Å². The standard InChI is InChI=1S/C17H17N3O2S/c1-11-13-15(20(2)9-12-7-5-4-6-8-12)18-10-19-16(13)23-14(11)17(21)22-3/h4-8,10H,9H2,1-3H3. The third kappa shape index (κ3) is 2.90. The number of thiophene rings is 1. The Morgan fingerprint density at radius 2 is 2.00 bits per heavy atom. The first-order valence-electron chi connectivity index (χ1n) is 7.19. The fraction of sp³-hybridized carbons (Fsp3) is 0.235. The molecule has 0 radical (unpaired) electrons. The van der Waals surface area contributed by atoms with Crippen molar-refractivity contribution in [1.82, 2.24) is 9.97 Å². The van der Waals surface area contributed by atoms with E-state index in [1.165, 1.54) is 30.3 Å². The minimum atomic E-state index is -0.331. The Hall–Kier alpha value is -2.47. The van der Waals surface area contributed by atoms with Crippen molar-refractivity contribution in [3.63, 3.8) is 0 Å². The van der Waals surface area contributed by atoms with Crippen LogP contribution < -0.4 is 4.90 Å². The van der Waals surface area contributed by atoms with E-state index in [1.807, 2.05) is 32.2 Å². The zero-order valence-corrected chi connectivity index (χ0v) is 14.1. The largest absolute Gasteiger partial charge is 0.465 e. The Morgan fingerprint density at radius 1 is 1.26 bits per heavy atom. The van der Waals surface area contributed by atoms with E-state index < -0.39 is 0 Å². The molecule has 2 aromatic heterocycles. The molecule has 2 heterocycles. The van der Waals surface area contributed by atoms with Crippen molar-refractivity contribution in [3.05, 3.63) is 52.7 Å². The van der Waals surface area contributed by atoms with E-state index >= 15 is 0 Å². The van der Waals surface area contributed by atoms with Gasteiger partial charge in [-0.1, -0.05) is 30.3 Å². The Labute approximate surface area is 138 Å². The Bertz CT molecular complexity index is 846. The molecule has 3 rings (SSSR count). The maximum atomic E-state index is 11.9. The smallest absolute Gasteiger partial charge is 0.348 e. The number of benzene rings is 1. The summed E-state index contributed by atoms with van der Waals surface area (Å²) in [5, 5.41) is 0.913. The highest BCUT2D eigenvalue weighted by molar-refractivity contribution is 7.20. The highest BCUT2D eigenvalue weighted by Gasteiger charge is 2.21. The predicted octanol–water partition coefficient (Wildman–Crippen LogP) is 3.42. The number of rotatable bonds is 4. The van der Waals surface area contributed by atoms with Crippen LogP contribution in [0.3, 0.4) is 0 Å². The molecule has 0 aliphatic carbocycles. The number of methoxy groups -OCH3 is 1. The number of carbonyl (C=O) groups is 1. The van der Waals surface area contributed by atoms with Crippen LogP contribution in [-0.4, -0.2) is 30.1 Å². The van der Waals surface area contributed by atoms with Gasteiger partial charge in [0.05, 0.1) is 12.5 Å². The van der Waals surface area contributed by atoms with Crippen molar-refractivity contribution in [2.75, 3.05) is 19.1 Å². The molecule has 0 amide bonds. The highest BCUT2D eigenvalue weighted by atomic mass is 32.1. The highest BCUT2D eigenvalue weighted by Crippen LogP contribution is 2.35. The second-order valence-corrected chi connectivity index (χ2v) is 6.27. The van der Waals surface area contributed by atoms with Gasteiger partial charge in [0.15, 0.2) is 0 Å². The summed E-state index contributed by atoms with van der Waals surface area (Å²) in [7, 11) is 3.38. The minimum absolute atomic E-state index is 0.331. The summed E-state index contributed by atoms with van der Waals surface area (Å²) in [5.74, 6) is 0.491. The van der Waals surface area contributed by atoms with Crippen LogP contribution in [0.25, 0.3) is 10.2 Å². The van der Waals surface area contributed by atoms with Crippen LogP contribution in [0.4, 0.5) is 5.82 Å². The molecule has 3 aromatic rings. The summed E-state index contributed by atoms with van der Waals surface area (Å²) < 4.78 is 4.85. The number of carbonyl (C=O) groups excluding carboxylic acids is 1. The number of aromatic nitrogens is 2. The van der Waals surface area contributed by atoms with E-state index in [1.54, 1.807) is 0 Å². The molecule has 0 saturated heterocycles. The number of hydrogen-bond donors (Lipinski definition) is 0. The number of anilines is 1. The van der Waals surface area contributed by atoms with E-state index in [9.17, 15) is 4.79 Å². The van der Waals surface area contributed by atoms with Crippen molar-refractivity contribution in [1.29, 1.82) is 0 Å². The molecule has 0 atom stereocenters. The summed E-state index contributed by atoms with van der Waals surface area (Å²) in [4.78, 5) is 24.1. The van der Waals surface area contributed by atoms with Crippen LogP contribution in [0.5, 0.6) is 0 Å². The van der Waals surface area contributed by atoms with Crippen molar-refractivity contribution >= 4 is 33.3 Å². The van der Waals surface area contributed by atoms with E-state index in [2.05, 4.69) is 27.0 Å². The van der Waals surface area contributed by atoms with E-state index in [4.69, 9.17) is 4.74 Å². The molecule has 6 heteroatoms. The number of hydrogen-bond acceptors (Lipinski definition) is 6. The third-order valence-electron chi connectivity index (χ3n) is 3.70. The van der Waals surface area contributed by atoms with Gasteiger partial charge in [-0.3, -0.25) is 0 Å². The maximum absolute atomic E-state index is 11.9. The number of fused-ring (bicyclic) bond motifs is 1. The molecule has 0 fully saturated rings. The van der Waals surface area contributed by atoms with Crippen molar-refractivity contribution in [2.24, 2.45) is 0 Å². The first-order chi connectivity index (χ1) is 11.1. The molecule has 0 N–H and O–H groups in total. The van der Waals surface area contributed by atoms with Gasteiger partial charge in [0.2, 0.25) is 0 Å². The molecule has 0 aliphatic heterocycles. The van der Waals surface area contributed by atoms with Crippen molar-refractivity contribution in [2.45, 2.75) is 13.5 Å². The summed E-state index contributed by atoms with van der Waals surface area (Å²) in [5.41, 5.74) is 2.06. The lowest BCUT2D eigenvalue weighted by Gasteiger charge is -2.19. The van der Waals surface area contributed by atoms with Gasteiger partial charge in [0, 0.05) is 13.6 Å². The summed E-state index contributed by atoms with van der Waals surface area (Å²) >= 11 is 1.34. The first-order valence-corrected chi connectivity index (χ1v) is 8.01. The quantitative estimate of drug-likeness (QED) is 0.687. The van der Waals surface area contributed by atoms with E-state index in [0.717, 1.165) is 28.1 Å². The van der Waals surface area contributed by atoms with Crippen LogP contribution in [0.2, 0.25) is 0 Å². The van der Waals surface area contributed by atoms with Gasteiger partial charge in [-0.2, -0.15) is 0 Å². The van der Waals surface area contributed by atoms with Gasteiger partial charge < -0.3 is 9.64 Å². The normalized spacial score (nSPS) is 10.7. The molecule has 5 nitrogen and oxygen atoms in total. The lowest BCUT2D eigenvalue weighted by Crippen LogP contribution is -2.18. The van der Waals surface area contributed by atoms with Crippen molar-refractivity contribution < 1.29 is 9.53 Å². The van der Waals surface area contributed by atoms with Crippen LogP contribution in [0.15, 0.2) is 36.7 Å². The fourth-order valence-corrected chi connectivity index (χ4v) is 3.62. The second kappa shape index (κ2) is 6.34. The van der Waals surface area contributed by atoms with E-state index in [-0.39, 0.29) is 5.97 Å². The van der Waals surface area contributed by atoms with Gasteiger partial charge >= 0.3 is 5.97 Å². The number of nitrogens with zero attached hydrogens (tertiary/aromatic N) is 3. The van der Waals surface area contributed by atoms with Gasteiger partial charge in [-0.25, -0.2) is 14.8 Å². The first kappa shape index (κ1) is 15.4. The molecule has 1 aromatic carbocycles. The average molecular weight is 327 g/mol. The van der Waals surface area contributed by atoms with Crippen LogP contribution in [-0.2, 0) is 11.3 Å². The van der Waals surface area contributed by atoms with Gasteiger partial charge in [-0.05, 0) is 18.1 Å². The lowest BCUT2D eigenvalue weighted by molar-refractivity contribution is 0.0605. The zero-order chi connectivity index (χ0) is 16.4. The van der Waals surface area contributed by atoms with Gasteiger partial charge in [0.25, 0.3) is 0 Å². The molecular weight excluding hydrogens is 310 g/mol. The number of esters is 1. The Kier molecular flexibility index (Phi) is 4.25.